The summed E-state index contributed by atoms with van der Waals surface area (Å²) >= 11 is 8.89. The van der Waals surface area contributed by atoms with Crippen LogP contribution in [0.2, 0.25) is 0 Å². The molecule has 3 heteroatoms. The lowest BCUT2D eigenvalue weighted by Crippen LogP contribution is -2.10. The van der Waals surface area contributed by atoms with Crippen LogP contribution < -0.4 is 0 Å². The van der Waals surface area contributed by atoms with Gasteiger partial charge in [0.1, 0.15) is 4.32 Å². The molecule has 1 nitrogen and oxygen atoms in total. The van der Waals surface area contributed by atoms with Crippen molar-refractivity contribution in [2.75, 3.05) is 0 Å². The van der Waals surface area contributed by atoms with Crippen molar-refractivity contribution in [3.8, 4) is 0 Å². The number of allylic oxidation sites excluding steroid dienone is 1. The molecule has 0 radical (unpaired) electrons. The van der Waals surface area contributed by atoms with Gasteiger partial charge in [0.2, 0.25) is 0 Å². The Bertz CT molecular complexity index is 175. The van der Waals surface area contributed by atoms with Crippen molar-refractivity contribution in [2.24, 2.45) is 0 Å². The fourth-order valence-corrected chi connectivity index (χ4v) is 0.996. The number of thiol groups is 1. The van der Waals surface area contributed by atoms with Gasteiger partial charge in [0.05, 0.1) is 0 Å². The molecule has 0 rings (SSSR count). The maximum atomic E-state index is 4.86. The SMILES string of the molecule is C=CN(C=CCCCC)C(=S)S. The first-order chi connectivity index (χ1) is 5.72. The van der Waals surface area contributed by atoms with Crippen molar-refractivity contribution < 1.29 is 0 Å². The summed E-state index contributed by atoms with van der Waals surface area (Å²) in [6.07, 6.45) is 9.13. The smallest absolute Gasteiger partial charge is 0.141 e. The van der Waals surface area contributed by atoms with Crippen molar-refractivity contribution in [3.63, 3.8) is 0 Å². The molecule has 0 aromatic heterocycles. The second kappa shape index (κ2) is 7.37. The van der Waals surface area contributed by atoms with Gasteiger partial charge >= 0.3 is 0 Å². The van der Waals surface area contributed by atoms with Gasteiger partial charge < -0.3 is 4.90 Å². The van der Waals surface area contributed by atoms with Crippen molar-refractivity contribution in [2.45, 2.75) is 26.2 Å². The summed E-state index contributed by atoms with van der Waals surface area (Å²) in [6, 6.07) is 0. The van der Waals surface area contributed by atoms with Crippen LogP contribution in [-0.4, -0.2) is 9.22 Å². The maximum absolute atomic E-state index is 4.86. The van der Waals surface area contributed by atoms with E-state index in [9.17, 15) is 0 Å². The van der Waals surface area contributed by atoms with Crippen LogP contribution >= 0.6 is 24.8 Å². The quantitative estimate of drug-likeness (QED) is 0.413. The summed E-state index contributed by atoms with van der Waals surface area (Å²) in [7, 11) is 0. The molecule has 0 saturated heterocycles. The van der Waals surface area contributed by atoms with Gasteiger partial charge in [-0.25, -0.2) is 0 Å². The van der Waals surface area contributed by atoms with E-state index in [1.54, 1.807) is 11.1 Å². The zero-order valence-corrected chi connectivity index (χ0v) is 9.07. The van der Waals surface area contributed by atoms with Crippen molar-refractivity contribution in [3.05, 3.63) is 25.1 Å². The lowest BCUT2D eigenvalue weighted by atomic mass is 10.2. The zero-order valence-electron chi connectivity index (χ0n) is 7.36. The molecular formula is C9H15NS2. The van der Waals surface area contributed by atoms with Gasteiger partial charge in [-0.2, -0.15) is 0 Å². The monoisotopic (exact) mass is 201 g/mol. The minimum Gasteiger partial charge on any atom is -0.311 e. The van der Waals surface area contributed by atoms with Crippen LogP contribution in [0.5, 0.6) is 0 Å². The first-order valence-corrected chi connectivity index (χ1v) is 4.88. The van der Waals surface area contributed by atoms with E-state index in [0.717, 1.165) is 6.42 Å². The number of thiocarbonyl (C=S) groups is 1. The molecule has 0 fully saturated rings. The maximum Gasteiger partial charge on any atom is 0.141 e. The molecule has 0 amide bonds. The Morgan fingerprint density at radius 3 is 2.75 bits per heavy atom. The van der Waals surface area contributed by atoms with Crippen LogP contribution in [0.3, 0.4) is 0 Å². The van der Waals surface area contributed by atoms with Crippen LogP contribution in [0.4, 0.5) is 0 Å². The minimum atomic E-state index is 0.526. The highest BCUT2D eigenvalue weighted by Gasteiger charge is 1.93. The first kappa shape index (κ1) is 11.7. The molecule has 0 spiro atoms. The van der Waals surface area contributed by atoms with E-state index in [1.807, 2.05) is 6.20 Å². The molecule has 0 heterocycles. The average Bonchev–Trinajstić information content (AvgIpc) is 2.04. The van der Waals surface area contributed by atoms with Gasteiger partial charge in [-0.1, -0.05) is 44.6 Å². The van der Waals surface area contributed by atoms with Crippen molar-refractivity contribution >= 4 is 29.2 Å². The fraction of sp³-hybridized carbons (Fsp3) is 0.444. The predicted molar refractivity (Wildman–Crippen MR) is 62.3 cm³/mol. The second-order valence-corrected chi connectivity index (χ2v) is 3.51. The van der Waals surface area contributed by atoms with Crippen LogP contribution in [-0.2, 0) is 0 Å². The van der Waals surface area contributed by atoms with E-state index < -0.39 is 0 Å². The third-order valence-corrected chi connectivity index (χ3v) is 1.85. The Labute approximate surface area is 85.6 Å². The topological polar surface area (TPSA) is 3.24 Å². The minimum absolute atomic E-state index is 0.526. The number of unbranched alkanes of at least 4 members (excludes halogenated alkanes) is 2. The zero-order chi connectivity index (χ0) is 9.40. The second-order valence-electron chi connectivity index (χ2n) is 2.40. The third kappa shape index (κ3) is 5.38. The van der Waals surface area contributed by atoms with Crippen LogP contribution in [0, 0.1) is 0 Å². The van der Waals surface area contributed by atoms with E-state index in [0.29, 0.717) is 4.32 Å². The summed E-state index contributed by atoms with van der Waals surface area (Å²) in [6.45, 7) is 5.79. The Kier molecular flexibility index (Phi) is 7.20. The number of rotatable bonds is 5. The molecule has 0 aromatic carbocycles. The largest absolute Gasteiger partial charge is 0.311 e. The lowest BCUT2D eigenvalue weighted by Gasteiger charge is -2.10. The normalized spacial score (nSPS) is 10.2. The Balaban J connectivity index is 3.77. The van der Waals surface area contributed by atoms with Crippen molar-refractivity contribution in [1.82, 2.24) is 4.90 Å². The molecule has 0 bridgehead atoms. The Hall–Kier alpha value is -0.280. The predicted octanol–water partition coefficient (Wildman–Crippen LogP) is 3.35. The molecule has 68 valence electrons. The summed E-state index contributed by atoms with van der Waals surface area (Å²) in [5, 5.41) is 0. The lowest BCUT2D eigenvalue weighted by molar-refractivity contribution is 0.765. The molecule has 0 N–H and O–H groups in total. The number of nitrogens with zero attached hydrogens (tertiary/aromatic N) is 1. The molecule has 0 unspecified atom stereocenters. The standard InChI is InChI=1S/C9H15NS2/c1-3-5-6-7-8-10(4-2)9(11)12/h4,7-8H,2-3,5-6H2,1H3,(H,11,12). The number of hydrogen-bond acceptors (Lipinski definition) is 1. The van der Waals surface area contributed by atoms with E-state index in [-0.39, 0.29) is 0 Å². The van der Waals surface area contributed by atoms with Crippen molar-refractivity contribution in [1.29, 1.82) is 0 Å². The molecule has 0 atom stereocenters. The van der Waals surface area contributed by atoms with E-state index in [4.69, 9.17) is 12.2 Å². The van der Waals surface area contributed by atoms with Crippen LogP contribution in [0.1, 0.15) is 26.2 Å². The van der Waals surface area contributed by atoms with Gasteiger partial charge in [-0.05, 0) is 6.42 Å². The highest BCUT2D eigenvalue weighted by molar-refractivity contribution is 8.10. The fourth-order valence-electron chi connectivity index (χ4n) is 0.713. The Morgan fingerprint density at radius 2 is 2.33 bits per heavy atom. The molecule has 0 aromatic rings. The van der Waals surface area contributed by atoms with Gasteiger partial charge in [0.15, 0.2) is 0 Å². The van der Waals surface area contributed by atoms with E-state index in [2.05, 4.69) is 32.2 Å². The van der Waals surface area contributed by atoms with Gasteiger partial charge in [-0.3, -0.25) is 0 Å². The molecule has 0 aliphatic heterocycles. The Morgan fingerprint density at radius 1 is 1.67 bits per heavy atom. The molecule has 0 aliphatic rings. The molecule has 0 saturated carbocycles. The van der Waals surface area contributed by atoms with Gasteiger partial charge in [0, 0.05) is 12.4 Å². The summed E-state index contributed by atoms with van der Waals surface area (Å²) in [5.74, 6) is 0. The average molecular weight is 201 g/mol. The summed E-state index contributed by atoms with van der Waals surface area (Å²) < 4.78 is 0.526. The molecule has 12 heavy (non-hydrogen) atoms. The van der Waals surface area contributed by atoms with E-state index in [1.165, 1.54) is 12.8 Å². The van der Waals surface area contributed by atoms with Gasteiger partial charge in [0.25, 0.3) is 0 Å². The van der Waals surface area contributed by atoms with Crippen LogP contribution in [0.15, 0.2) is 25.1 Å². The van der Waals surface area contributed by atoms with Crippen LogP contribution in [0.25, 0.3) is 0 Å². The van der Waals surface area contributed by atoms with E-state index >= 15 is 0 Å². The molecule has 0 aliphatic carbocycles. The summed E-state index contributed by atoms with van der Waals surface area (Å²) in [4.78, 5) is 1.72. The first-order valence-electron chi connectivity index (χ1n) is 4.02. The molecular weight excluding hydrogens is 186 g/mol. The highest BCUT2D eigenvalue weighted by Crippen LogP contribution is 2.01. The summed E-state index contributed by atoms with van der Waals surface area (Å²) in [5.41, 5.74) is 0. The van der Waals surface area contributed by atoms with Gasteiger partial charge in [-0.15, -0.1) is 12.6 Å². The highest BCUT2D eigenvalue weighted by atomic mass is 32.1. The number of hydrogen-bond donors (Lipinski definition) is 1. The third-order valence-electron chi connectivity index (χ3n) is 1.41.